The predicted octanol–water partition coefficient (Wildman–Crippen LogP) is 3.65. The number of hydrazone groups is 1. The van der Waals surface area contributed by atoms with Crippen molar-refractivity contribution >= 4 is 46.3 Å². The van der Waals surface area contributed by atoms with E-state index in [1.54, 1.807) is 18.0 Å². The fourth-order valence-electron chi connectivity index (χ4n) is 1.63. The maximum absolute atomic E-state index is 5.24. The van der Waals surface area contributed by atoms with Gasteiger partial charge in [-0.15, -0.1) is 0 Å². The third kappa shape index (κ3) is 5.75. The number of aromatic nitrogens is 2. The van der Waals surface area contributed by atoms with Gasteiger partial charge >= 0.3 is 0 Å². The van der Waals surface area contributed by atoms with Crippen LogP contribution in [0.5, 0.6) is 0 Å². The summed E-state index contributed by atoms with van der Waals surface area (Å²) in [5.41, 5.74) is 5.77. The van der Waals surface area contributed by atoms with E-state index in [2.05, 4.69) is 32.6 Å². The van der Waals surface area contributed by atoms with Crippen LogP contribution in [0.25, 0.3) is 0 Å². The van der Waals surface area contributed by atoms with Crippen molar-refractivity contribution in [2.24, 2.45) is 5.10 Å². The lowest BCUT2D eigenvalue weighted by atomic mass is 10.2. The van der Waals surface area contributed by atoms with Crippen molar-refractivity contribution in [3.8, 4) is 0 Å². The van der Waals surface area contributed by atoms with Crippen LogP contribution in [0, 0.1) is 6.92 Å². The van der Waals surface area contributed by atoms with Gasteiger partial charge in [0.1, 0.15) is 0 Å². The second-order valence-electron chi connectivity index (χ2n) is 4.35. The number of nitrogens with one attached hydrogen (secondary N) is 1. The van der Waals surface area contributed by atoms with Crippen LogP contribution in [0.4, 0.5) is 0 Å². The summed E-state index contributed by atoms with van der Waals surface area (Å²) in [6.07, 6.45) is 3.60. The first-order valence-corrected chi connectivity index (χ1v) is 9.18. The highest BCUT2D eigenvalue weighted by Crippen LogP contribution is 2.12. The zero-order chi connectivity index (χ0) is 15.8. The summed E-state index contributed by atoms with van der Waals surface area (Å²) >= 11 is 8.30. The average Bonchev–Trinajstić information content (AvgIpc) is 2.53. The summed E-state index contributed by atoms with van der Waals surface area (Å²) in [7, 11) is 0. The summed E-state index contributed by atoms with van der Waals surface area (Å²) in [5.74, 6) is 0.825. The van der Waals surface area contributed by atoms with Gasteiger partial charge in [-0.2, -0.15) is 5.10 Å². The topological polar surface area (TPSA) is 50.2 Å². The van der Waals surface area contributed by atoms with Gasteiger partial charge in [-0.25, -0.2) is 9.97 Å². The van der Waals surface area contributed by atoms with Gasteiger partial charge in [0.05, 0.1) is 11.9 Å². The molecule has 1 N–H and O–H groups in total. The maximum atomic E-state index is 5.24. The van der Waals surface area contributed by atoms with Crippen LogP contribution in [-0.2, 0) is 5.75 Å². The summed E-state index contributed by atoms with van der Waals surface area (Å²) in [4.78, 5) is 8.65. The van der Waals surface area contributed by atoms with E-state index in [9.17, 15) is 0 Å². The van der Waals surface area contributed by atoms with E-state index < -0.39 is 0 Å². The molecule has 0 atom stereocenters. The van der Waals surface area contributed by atoms with E-state index in [0.29, 0.717) is 4.32 Å². The van der Waals surface area contributed by atoms with E-state index in [1.165, 1.54) is 17.3 Å². The normalized spacial score (nSPS) is 10.8. The Kier molecular flexibility index (Phi) is 6.82. The quantitative estimate of drug-likeness (QED) is 0.293. The molecule has 0 bridgehead atoms. The third-order valence-electron chi connectivity index (χ3n) is 2.60. The van der Waals surface area contributed by atoms with E-state index >= 15 is 0 Å². The lowest BCUT2D eigenvalue weighted by molar-refractivity contribution is 0.926. The van der Waals surface area contributed by atoms with Gasteiger partial charge in [-0.1, -0.05) is 66.1 Å². The van der Waals surface area contributed by atoms with E-state index in [4.69, 9.17) is 12.2 Å². The molecule has 7 heteroatoms. The summed E-state index contributed by atoms with van der Waals surface area (Å²) < 4.78 is 0.635. The molecule has 0 unspecified atom stereocenters. The number of thioether (sulfide) groups is 2. The lowest BCUT2D eigenvalue weighted by Gasteiger charge is -2.03. The first-order chi connectivity index (χ1) is 10.7. The number of thiocarbonyl (C=S) groups is 1. The number of nitrogens with zero attached hydrogens (tertiary/aromatic N) is 3. The molecule has 0 aliphatic heterocycles. The first kappa shape index (κ1) is 16.9. The van der Waals surface area contributed by atoms with Crippen LogP contribution in [-0.4, -0.2) is 26.8 Å². The van der Waals surface area contributed by atoms with Gasteiger partial charge in [-0.3, -0.25) is 5.43 Å². The Morgan fingerprint density at radius 1 is 1.32 bits per heavy atom. The monoisotopic (exact) mass is 348 g/mol. The summed E-state index contributed by atoms with van der Waals surface area (Å²) in [6.45, 7) is 1.94. The smallest absolute Gasteiger partial charge is 0.188 e. The minimum Gasteiger partial charge on any atom is -0.262 e. The molecule has 22 heavy (non-hydrogen) atoms. The Balaban J connectivity index is 1.84. The van der Waals surface area contributed by atoms with Crippen molar-refractivity contribution in [2.45, 2.75) is 17.8 Å². The van der Waals surface area contributed by atoms with Crippen molar-refractivity contribution in [1.82, 2.24) is 15.4 Å². The Morgan fingerprint density at radius 3 is 2.82 bits per heavy atom. The number of hydrogen-bond acceptors (Lipinski definition) is 6. The molecule has 0 aliphatic carbocycles. The van der Waals surface area contributed by atoms with Crippen LogP contribution < -0.4 is 5.43 Å². The molecule has 1 heterocycles. The van der Waals surface area contributed by atoms with Crippen LogP contribution in [0.1, 0.15) is 17.0 Å². The molecule has 2 rings (SSSR count). The molecule has 0 spiro atoms. The highest BCUT2D eigenvalue weighted by atomic mass is 32.2. The Hall–Kier alpha value is -1.44. The first-order valence-electron chi connectivity index (χ1n) is 6.57. The SMILES string of the molecule is CSc1nc(C)cc(/C=N/NC(=S)SCc2ccccc2)n1. The van der Waals surface area contributed by atoms with E-state index in [-0.39, 0.29) is 0 Å². The second kappa shape index (κ2) is 8.87. The minimum atomic E-state index is 0.635. The van der Waals surface area contributed by atoms with Gasteiger partial charge in [0, 0.05) is 11.4 Å². The van der Waals surface area contributed by atoms with E-state index in [1.807, 2.05) is 37.4 Å². The van der Waals surface area contributed by atoms with Gasteiger partial charge in [0.2, 0.25) is 0 Å². The van der Waals surface area contributed by atoms with Crippen molar-refractivity contribution in [2.75, 3.05) is 6.26 Å². The molecule has 114 valence electrons. The van der Waals surface area contributed by atoms with Crippen molar-refractivity contribution in [3.63, 3.8) is 0 Å². The summed E-state index contributed by atoms with van der Waals surface area (Å²) in [6, 6.07) is 12.1. The Morgan fingerprint density at radius 2 is 2.09 bits per heavy atom. The van der Waals surface area contributed by atoms with Gasteiger partial charge in [0.25, 0.3) is 0 Å². The number of rotatable bonds is 5. The predicted molar refractivity (Wildman–Crippen MR) is 99.6 cm³/mol. The molecule has 1 aromatic carbocycles. The van der Waals surface area contributed by atoms with Crippen LogP contribution >= 0.6 is 35.7 Å². The zero-order valence-electron chi connectivity index (χ0n) is 12.3. The molecule has 0 saturated heterocycles. The molecule has 2 aromatic rings. The van der Waals surface area contributed by atoms with Crippen LogP contribution in [0.15, 0.2) is 46.7 Å². The van der Waals surface area contributed by atoms with Gasteiger partial charge in [-0.05, 0) is 24.8 Å². The molecule has 1 aromatic heterocycles. The Bertz CT molecular complexity index is 659. The molecular formula is C15H16N4S3. The minimum absolute atomic E-state index is 0.635. The highest BCUT2D eigenvalue weighted by Gasteiger charge is 2.00. The highest BCUT2D eigenvalue weighted by molar-refractivity contribution is 8.22. The average molecular weight is 349 g/mol. The van der Waals surface area contributed by atoms with Crippen molar-refractivity contribution in [3.05, 3.63) is 53.3 Å². The molecule has 0 aliphatic rings. The Labute approximate surface area is 144 Å². The van der Waals surface area contributed by atoms with Crippen LogP contribution in [0.3, 0.4) is 0 Å². The fraction of sp³-hybridized carbons (Fsp3) is 0.200. The lowest BCUT2D eigenvalue weighted by Crippen LogP contribution is -2.11. The maximum Gasteiger partial charge on any atom is 0.188 e. The standard InChI is InChI=1S/C15H16N4S3/c1-11-8-13(18-14(17-11)21-2)9-16-19-15(20)22-10-12-6-4-3-5-7-12/h3-9H,10H2,1-2H3,(H,19,20)/b16-9+. The number of aryl methyl sites for hydroxylation is 1. The van der Waals surface area contributed by atoms with Crippen molar-refractivity contribution < 1.29 is 0 Å². The van der Waals surface area contributed by atoms with E-state index in [0.717, 1.165) is 22.3 Å². The molecule has 0 amide bonds. The number of hydrogen-bond donors (Lipinski definition) is 1. The molecule has 4 nitrogen and oxygen atoms in total. The van der Waals surface area contributed by atoms with Crippen molar-refractivity contribution in [1.29, 1.82) is 0 Å². The zero-order valence-corrected chi connectivity index (χ0v) is 14.8. The fourth-order valence-corrected chi connectivity index (χ4v) is 2.90. The molecular weight excluding hydrogens is 332 g/mol. The number of benzene rings is 1. The second-order valence-corrected chi connectivity index (χ2v) is 6.78. The van der Waals surface area contributed by atoms with Gasteiger partial charge < -0.3 is 0 Å². The third-order valence-corrected chi connectivity index (χ3v) is 4.43. The molecule has 0 radical (unpaired) electrons. The molecule has 0 fully saturated rings. The largest absolute Gasteiger partial charge is 0.262 e. The molecule has 0 saturated carbocycles. The van der Waals surface area contributed by atoms with Gasteiger partial charge in [0.15, 0.2) is 9.48 Å². The van der Waals surface area contributed by atoms with Crippen LogP contribution in [0.2, 0.25) is 0 Å². The summed E-state index contributed by atoms with van der Waals surface area (Å²) in [5, 5.41) is 4.87.